The zero-order valence-electron chi connectivity index (χ0n) is 9.69. The van der Waals surface area contributed by atoms with Crippen molar-refractivity contribution in [2.45, 2.75) is 20.3 Å². The standard InChI is InChI=1S/C12H18Cl2N2/c1-12(2,5-6-15)8-16-11-7-9(13)3-4-10(11)14/h3-4,7,16H,5-6,8,15H2,1-2H3. The van der Waals surface area contributed by atoms with Gasteiger partial charge in [0.15, 0.2) is 0 Å². The normalized spacial score (nSPS) is 11.6. The average Bonchev–Trinajstić information content (AvgIpc) is 2.19. The molecule has 0 aliphatic rings. The summed E-state index contributed by atoms with van der Waals surface area (Å²) in [6.07, 6.45) is 0.970. The molecule has 3 N–H and O–H groups in total. The molecule has 0 saturated heterocycles. The third kappa shape index (κ3) is 4.20. The van der Waals surface area contributed by atoms with E-state index in [1.54, 1.807) is 12.1 Å². The molecule has 0 amide bonds. The number of halogens is 2. The molecule has 0 bridgehead atoms. The number of benzene rings is 1. The second-order valence-corrected chi connectivity index (χ2v) is 5.52. The molecular formula is C12H18Cl2N2. The summed E-state index contributed by atoms with van der Waals surface area (Å²) in [4.78, 5) is 0. The van der Waals surface area contributed by atoms with Gasteiger partial charge in [-0.2, -0.15) is 0 Å². The molecule has 1 rings (SSSR count). The molecule has 0 aromatic heterocycles. The summed E-state index contributed by atoms with van der Waals surface area (Å²) in [5.41, 5.74) is 6.59. The van der Waals surface area contributed by atoms with E-state index in [4.69, 9.17) is 28.9 Å². The molecule has 4 heteroatoms. The van der Waals surface area contributed by atoms with Crippen molar-refractivity contribution in [3.05, 3.63) is 28.2 Å². The van der Waals surface area contributed by atoms with Crippen LogP contribution in [0.5, 0.6) is 0 Å². The Morgan fingerprint density at radius 2 is 2.00 bits per heavy atom. The molecule has 0 unspecified atom stereocenters. The lowest BCUT2D eigenvalue weighted by molar-refractivity contribution is 0.365. The van der Waals surface area contributed by atoms with Crippen molar-refractivity contribution in [3.63, 3.8) is 0 Å². The summed E-state index contributed by atoms with van der Waals surface area (Å²) in [7, 11) is 0. The summed E-state index contributed by atoms with van der Waals surface area (Å²) in [6, 6.07) is 5.41. The number of rotatable bonds is 5. The van der Waals surface area contributed by atoms with Gasteiger partial charge in [-0.05, 0) is 36.6 Å². The van der Waals surface area contributed by atoms with Gasteiger partial charge in [-0.15, -0.1) is 0 Å². The average molecular weight is 261 g/mol. The van der Waals surface area contributed by atoms with Crippen LogP contribution in [0.15, 0.2) is 18.2 Å². The smallest absolute Gasteiger partial charge is 0.0638 e. The molecule has 0 atom stereocenters. The van der Waals surface area contributed by atoms with Crippen molar-refractivity contribution < 1.29 is 0 Å². The van der Waals surface area contributed by atoms with Crippen molar-refractivity contribution in [2.24, 2.45) is 11.1 Å². The maximum Gasteiger partial charge on any atom is 0.0638 e. The Morgan fingerprint density at radius 1 is 1.31 bits per heavy atom. The van der Waals surface area contributed by atoms with Crippen LogP contribution in [0.2, 0.25) is 10.0 Å². The summed E-state index contributed by atoms with van der Waals surface area (Å²) >= 11 is 12.0. The van der Waals surface area contributed by atoms with E-state index in [9.17, 15) is 0 Å². The molecule has 0 fully saturated rings. The molecule has 0 aliphatic heterocycles. The van der Waals surface area contributed by atoms with E-state index >= 15 is 0 Å². The van der Waals surface area contributed by atoms with Crippen molar-refractivity contribution in [1.82, 2.24) is 0 Å². The highest BCUT2D eigenvalue weighted by Gasteiger charge is 2.16. The second kappa shape index (κ2) is 5.76. The summed E-state index contributed by atoms with van der Waals surface area (Å²) in [6.45, 7) is 5.86. The lowest BCUT2D eigenvalue weighted by Crippen LogP contribution is -2.26. The molecule has 90 valence electrons. The first-order valence-corrected chi connectivity index (χ1v) is 6.09. The Morgan fingerprint density at radius 3 is 2.62 bits per heavy atom. The minimum Gasteiger partial charge on any atom is -0.383 e. The first kappa shape index (κ1) is 13.6. The van der Waals surface area contributed by atoms with Crippen LogP contribution in [0.3, 0.4) is 0 Å². The van der Waals surface area contributed by atoms with Gasteiger partial charge in [-0.25, -0.2) is 0 Å². The van der Waals surface area contributed by atoms with Gasteiger partial charge in [0.25, 0.3) is 0 Å². The van der Waals surface area contributed by atoms with E-state index in [1.807, 2.05) is 6.07 Å². The van der Waals surface area contributed by atoms with Crippen molar-refractivity contribution >= 4 is 28.9 Å². The van der Waals surface area contributed by atoms with Crippen LogP contribution >= 0.6 is 23.2 Å². The van der Waals surface area contributed by atoms with Crippen molar-refractivity contribution in [3.8, 4) is 0 Å². The van der Waals surface area contributed by atoms with Crippen molar-refractivity contribution in [1.29, 1.82) is 0 Å². The lowest BCUT2D eigenvalue weighted by Gasteiger charge is -2.25. The molecule has 0 saturated carbocycles. The summed E-state index contributed by atoms with van der Waals surface area (Å²) in [5.74, 6) is 0. The molecule has 1 aromatic carbocycles. The SMILES string of the molecule is CC(C)(CCN)CNc1cc(Cl)ccc1Cl. The molecule has 0 aliphatic carbocycles. The van der Waals surface area contributed by atoms with Crippen LogP contribution in [0.4, 0.5) is 5.69 Å². The van der Waals surface area contributed by atoms with Crippen LogP contribution in [-0.4, -0.2) is 13.1 Å². The Balaban J connectivity index is 2.63. The Bertz CT molecular complexity index is 351. The highest BCUT2D eigenvalue weighted by molar-refractivity contribution is 6.35. The van der Waals surface area contributed by atoms with Crippen LogP contribution in [0.1, 0.15) is 20.3 Å². The highest BCUT2D eigenvalue weighted by Crippen LogP contribution is 2.27. The van der Waals surface area contributed by atoms with Crippen LogP contribution in [-0.2, 0) is 0 Å². The Labute approximate surface area is 107 Å². The third-order valence-electron chi connectivity index (χ3n) is 2.51. The minimum absolute atomic E-state index is 0.153. The molecule has 0 heterocycles. The first-order valence-electron chi connectivity index (χ1n) is 5.33. The van der Waals surface area contributed by atoms with E-state index in [0.717, 1.165) is 18.7 Å². The van der Waals surface area contributed by atoms with Gasteiger partial charge in [0.05, 0.1) is 10.7 Å². The third-order valence-corrected chi connectivity index (χ3v) is 3.07. The van der Waals surface area contributed by atoms with E-state index < -0.39 is 0 Å². The molecular weight excluding hydrogens is 243 g/mol. The van der Waals surface area contributed by atoms with Crippen molar-refractivity contribution in [2.75, 3.05) is 18.4 Å². The number of hydrogen-bond acceptors (Lipinski definition) is 2. The van der Waals surface area contributed by atoms with Gasteiger partial charge < -0.3 is 11.1 Å². The Kier molecular flexibility index (Phi) is 4.90. The minimum atomic E-state index is 0.153. The number of hydrogen-bond donors (Lipinski definition) is 2. The van der Waals surface area contributed by atoms with E-state index in [0.29, 0.717) is 16.6 Å². The van der Waals surface area contributed by atoms with Gasteiger partial charge >= 0.3 is 0 Å². The fourth-order valence-corrected chi connectivity index (χ4v) is 1.80. The summed E-state index contributed by atoms with van der Waals surface area (Å²) < 4.78 is 0. The zero-order valence-corrected chi connectivity index (χ0v) is 11.2. The molecule has 1 aromatic rings. The van der Waals surface area contributed by atoms with Gasteiger partial charge in [0.2, 0.25) is 0 Å². The zero-order chi connectivity index (χ0) is 12.2. The number of nitrogens with one attached hydrogen (secondary N) is 1. The fourth-order valence-electron chi connectivity index (χ4n) is 1.45. The van der Waals surface area contributed by atoms with E-state index in [1.165, 1.54) is 0 Å². The summed E-state index contributed by atoms with van der Waals surface area (Å²) in [5, 5.41) is 4.68. The highest BCUT2D eigenvalue weighted by atomic mass is 35.5. The molecule has 2 nitrogen and oxygen atoms in total. The molecule has 16 heavy (non-hydrogen) atoms. The number of nitrogens with two attached hydrogens (primary N) is 1. The maximum atomic E-state index is 6.06. The fraction of sp³-hybridized carbons (Fsp3) is 0.500. The monoisotopic (exact) mass is 260 g/mol. The van der Waals surface area contributed by atoms with Crippen LogP contribution < -0.4 is 11.1 Å². The predicted octanol–water partition coefficient (Wildman–Crippen LogP) is 3.78. The molecule has 0 radical (unpaired) electrons. The van der Waals surface area contributed by atoms with Gasteiger partial charge in [0.1, 0.15) is 0 Å². The number of anilines is 1. The van der Waals surface area contributed by atoms with Crippen LogP contribution in [0.25, 0.3) is 0 Å². The van der Waals surface area contributed by atoms with Gasteiger partial charge in [-0.1, -0.05) is 37.0 Å². The topological polar surface area (TPSA) is 38.0 Å². The molecule has 0 spiro atoms. The predicted molar refractivity (Wildman–Crippen MR) is 72.4 cm³/mol. The first-order chi connectivity index (χ1) is 7.44. The van der Waals surface area contributed by atoms with Gasteiger partial charge in [-0.3, -0.25) is 0 Å². The largest absolute Gasteiger partial charge is 0.383 e. The van der Waals surface area contributed by atoms with Crippen LogP contribution in [0, 0.1) is 5.41 Å². The van der Waals surface area contributed by atoms with E-state index in [2.05, 4.69) is 19.2 Å². The lowest BCUT2D eigenvalue weighted by atomic mass is 9.89. The maximum absolute atomic E-state index is 6.06. The Hall–Kier alpha value is -0.440. The van der Waals surface area contributed by atoms with Gasteiger partial charge in [0, 0.05) is 11.6 Å². The second-order valence-electron chi connectivity index (χ2n) is 4.68. The van der Waals surface area contributed by atoms with E-state index in [-0.39, 0.29) is 5.41 Å². The quantitative estimate of drug-likeness (QED) is 0.846.